The molecular weight excluding hydrogens is 177 g/mol. The summed E-state index contributed by atoms with van der Waals surface area (Å²) < 4.78 is 5.49. The molecule has 2 aliphatic heterocycles. The Hall–Kier alpha value is -0.495. The first-order valence-electron chi connectivity index (χ1n) is 5.21. The summed E-state index contributed by atoms with van der Waals surface area (Å²) in [6.07, 6.45) is 7.37. The van der Waals surface area contributed by atoms with E-state index in [1.807, 2.05) is 6.82 Å². The lowest BCUT2D eigenvalue weighted by Gasteiger charge is -2.48. The minimum atomic E-state index is -0.382. The van der Waals surface area contributed by atoms with Gasteiger partial charge in [0.05, 0.1) is 13.2 Å². The van der Waals surface area contributed by atoms with Gasteiger partial charge < -0.3 is 14.6 Å². The molecule has 0 spiro atoms. The molecule has 3 nitrogen and oxygen atoms in total. The van der Waals surface area contributed by atoms with E-state index in [1.54, 1.807) is 0 Å². The van der Waals surface area contributed by atoms with Crippen LogP contribution in [-0.4, -0.2) is 42.2 Å². The number of morpholine rings is 1. The van der Waals surface area contributed by atoms with Crippen LogP contribution >= 0.6 is 0 Å². The maximum Gasteiger partial charge on any atom is 0.377 e. The number of rotatable bonds is 1. The van der Waals surface area contributed by atoms with Crippen LogP contribution < -0.4 is 0 Å². The summed E-state index contributed by atoms with van der Waals surface area (Å²) >= 11 is 0. The first-order valence-corrected chi connectivity index (χ1v) is 5.21. The van der Waals surface area contributed by atoms with E-state index in [0.717, 1.165) is 12.8 Å². The zero-order valence-corrected chi connectivity index (χ0v) is 8.52. The average Bonchev–Trinajstić information content (AvgIpc) is 2.15. The lowest BCUT2D eigenvalue weighted by Crippen LogP contribution is -2.61. The highest BCUT2D eigenvalue weighted by Crippen LogP contribution is 2.31. The summed E-state index contributed by atoms with van der Waals surface area (Å²) in [4.78, 5) is 2.15. The molecule has 0 aromatic heterocycles. The summed E-state index contributed by atoms with van der Waals surface area (Å²) in [6.45, 7) is 3.24. The van der Waals surface area contributed by atoms with Gasteiger partial charge in [-0.2, -0.15) is 0 Å². The van der Waals surface area contributed by atoms with Crippen molar-refractivity contribution in [3.63, 3.8) is 0 Å². The van der Waals surface area contributed by atoms with Crippen LogP contribution in [0.5, 0.6) is 0 Å². The van der Waals surface area contributed by atoms with Gasteiger partial charge in [0.2, 0.25) is 0 Å². The van der Waals surface area contributed by atoms with Crippen LogP contribution in [0.25, 0.3) is 0 Å². The van der Waals surface area contributed by atoms with Gasteiger partial charge in [0.15, 0.2) is 0 Å². The highest BCUT2D eigenvalue weighted by atomic mass is 16.5. The topological polar surface area (TPSA) is 32.7 Å². The Morgan fingerprint density at radius 3 is 2.43 bits per heavy atom. The van der Waals surface area contributed by atoms with Crippen molar-refractivity contribution in [1.82, 2.24) is 4.81 Å². The molecule has 14 heavy (non-hydrogen) atoms. The molecule has 2 heterocycles. The third kappa shape index (κ3) is 1.68. The van der Waals surface area contributed by atoms with Crippen molar-refractivity contribution in [2.75, 3.05) is 13.2 Å². The minimum absolute atomic E-state index is 0.309. The summed E-state index contributed by atoms with van der Waals surface area (Å²) in [6, 6.07) is 0.618. The number of hydrogen-bond donors (Lipinski definition) is 1. The Morgan fingerprint density at radius 2 is 2.00 bits per heavy atom. The summed E-state index contributed by atoms with van der Waals surface area (Å²) in [5, 5.41) is 9.66. The number of fused-ring (bicyclic) bond motifs is 2. The summed E-state index contributed by atoms with van der Waals surface area (Å²) in [7, 11) is -0.382. The van der Waals surface area contributed by atoms with Gasteiger partial charge in [-0.25, -0.2) is 0 Å². The Bertz CT molecular complexity index is 237. The number of hydrogen-bond acceptors (Lipinski definition) is 3. The third-order valence-corrected chi connectivity index (χ3v) is 3.24. The van der Waals surface area contributed by atoms with Crippen LogP contribution in [0, 0.1) is 18.3 Å². The first-order chi connectivity index (χ1) is 6.72. The normalized spacial score (nSPS) is 37.6. The monoisotopic (exact) mass is 193 g/mol. The number of ether oxygens (including phenoxy) is 1. The largest absolute Gasteiger partial charge is 0.437 e. The summed E-state index contributed by atoms with van der Waals surface area (Å²) in [5.74, 6) is 3.19. The molecule has 0 aliphatic carbocycles. The quantitative estimate of drug-likeness (QED) is 0.477. The maximum atomic E-state index is 9.66. The van der Waals surface area contributed by atoms with E-state index in [0.29, 0.717) is 31.2 Å². The van der Waals surface area contributed by atoms with Gasteiger partial charge in [-0.3, -0.25) is 0 Å². The summed E-state index contributed by atoms with van der Waals surface area (Å²) in [5.41, 5.74) is 0. The molecule has 76 valence electrons. The van der Waals surface area contributed by atoms with Crippen molar-refractivity contribution in [3.05, 3.63) is 0 Å². The van der Waals surface area contributed by atoms with Crippen LogP contribution in [-0.2, 0) is 4.74 Å². The van der Waals surface area contributed by atoms with E-state index in [4.69, 9.17) is 11.2 Å². The van der Waals surface area contributed by atoms with Gasteiger partial charge >= 0.3 is 7.05 Å². The van der Waals surface area contributed by atoms with Crippen molar-refractivity contribution in [2.45, 2.75) is 31.7 Å². The molecule has 2 rings (SSSR count). The van der Waals surface area contributed by atoms with Gasteiger partial charge in [-0.1, -0.05) is 0 Å². The molecule has 2 bridgehead atoms. The minimum Gasteiger partial charge on any atom is -0.437 e. The molecule has 2 unspecified atom stereocenters. The van der Waals surface area contributed by atoms with Crippen LogP contribution in [0.2, 0.25) is 6.82 Å². The van der Waals surface area contributed by atoms with Gasteiger partial charge in [0, 0.05) is 18.0 Å². The van der Waals surface area contributed by atoms with E-state index in [2.05, 4.69) is 10.7 Å². The molecule has 0 aromatic carbocycles. The fourth-order valence-electron chi connectivity index (χ4n) is 2.69. The first kappa shape index (κ1) is 10.0. The molecule has 2 fully saturated rings. The highest BCUT2D eigenvalue weighted by Gasteiger charge is 2.41. The average molecular weight is 193 g/mol. The van der Waals surface area contributed by atoms with Gasteiger partial charge in [-0.15, -0.1) is 12.3 Å². The number of terminal acetylenes is 1. The smallest absolute Gasteiger partial charge is 0.377 e. The predicted octanol–water partition coefficient (Wildman–Crippen LogP) is 0.209. The van der Waals surface area contributed by atoms with Crippen molar-refractivity contribution in [2.24, 2.45) is 5.92 Å². The fourth-order valence-corrected chi connectivity index (χ4v) is 2.69. The van der Waals surface area contributed by atoms with Crippen molar-refractivity contribution >= 4 is 7.05 Å². The Balaban J connectivity index is 2.12. The molecule has 3 atom stereocenters. The molecule has 2 aliphatic rings. The number of piperidine rings is 1. The molecule has 0 aromatic rings. The maximum absolute atomic E-state index is 9.66. The van der Waals surface area contributed by atoms with Crippen molar-refractivity contribution < 1.29 is 9.76 Å². The van der Waals surface area contributed by atoms with E-state index >= 15 is 0 Å². The van der Waals surface area contributed by atoms with Gasteiger partial charge in [-0.05, 0) is 19.7 Å². The molecule has 0 amide bonds. The van der Waals surface area contributed by atoms with Crippen LogP contribution in [0.3, 0.4) is 0 Å². The van der Waals surface area contributed by atoms with Crippen LogP contribution in [0.1, 0.15) is 12.8 Å². The van der Waals surface area contributed by atoms with Crippen molar-refractivity contribution in [3.8, 4) is 12.3 Å². The zero-order chi connectivity index (χ0) is 10.1. The standard InChI is InChI=1S/C10H16BNO2/c1-3-8-4-9-6-14-7-10(5-8)12(9)11(2)13/h1,8-10,13H,4-7H2,2H3/t8?,9-,10?/m0/s1. The zero-order valence-electron chi connectivity index (χ0n) is 8.52. The predicted molar refractivity (Wildman–Crippen MR) is 55.6 cm³/mol. The van der Waals surface area contributed by atoms with E-state index in [1.165, 1.54) is 0 Å². The Kier molecular flexibility index (Phi) is 2.82. The van der Waals surface area contributed by atoms with E-state index in [-0.39, 0.29) is 7.05 Å². The molecule has 1 N–H and O–H groups in total. The second kappa shape index (κ2) is 3.94. The molecular formula is C10H16BNO2. The van der Waals surface area contributed by atoms with E-state index < -0.39 is 0 Å². The van der Waals surface area contributed by atoms with Gasteiger partial charge in [0.1, 0.15) is 0 Å². The lowest BCUT2D eigenvalue weighted by atomic mass is 9.73. The fraction of sp³-hybridized carbons (Fsp3) is 0.800. The third-order valence-electron chi connectivity index (χ3n) is 3.24. The second-order valence-corrected chi connectivity index (χ2v) is 4.26. The van der Waals surface area contributed by atoms with Crippen LogP contribution in [0.15, 0.2) is 0 Å². The molecule has 0 radical (unpaired) electrons. The van der Waals surface area contributed by atoms with Gasteiger partial charge in [0.25, 0.3) is 0 Å². The van der Waals surface area contributed by atoms with Crippen LogP contribution in [0.4, 0.5) is 0 Å². The highest BCUT2D eigenvalue weighted by molar-refractivity contribution is 6.45. The molecule has 0 saturated carbocycles. The lowest BCUT2D eigenvalue weighted by molar-refractivity contribution is -0.0472. The Labute approximate surface area is 85.6 Å². The van der Waals surface area contributed by atoms with E-state index in [9.17, 15) is 5.02 Å². The van der Waals surface area contributed by atoms with Crippen molar-refractivity contribution in [1.29, 1.82) is 0 Å². The molecule has 4 heteroatoms. The number of nitrogens with zero attached hydrogens (tertiary/aromatic N) is 1. The Morgan fingerprint density at radius 1 is 1.43 bits per heavy atom. The SMILES string of the molecule is C#CC1CC2COC[C@H](C1)N2B(C)O. The second-order valence-electron chi connectivity index (χ2n) is 4.26. The molecule has 2 saturated heterocycles.